The Labute approximate surface area is 147 Å². The highest BCUT2D eigenvalue weighted by molar-refractivity contribution is 6.06. The van der Waals surface area contributed by atoms with E-state index in [0.29, 0.717) is 0 Å². The molecule has 0 aromatic heterocycles. The Hall–Kier alpha value is -2.32. The second-order valence-electron chi connectivity index (χ2n) is 7.64. The van der Waals surface area contributed by atoms with Gasteiger partial charge in [0.05, 0.1) is 0 Å². The molecule has 0 spiro atoms. The highest BCUT2D eigenvalue weighted by atomic mass is 16.6. The zero-order chi connectivity index (χ0) is 20.1. The Kier molecular flexibility index (Phi) is 7.42. The number of hydrogen-bond donors (Lipinski definition) is 3. The Morgan fingerprint density at radius 2 is 1.44 bits per heavy atom. The van der Waals surface area contributed by atoms with Crippen molar-refractivity contribution in [2.24, 2.45) is 16.5 Å². The topological polar surface area (TPSA) is 154 Å². The van der Waals surface area contributed by atoms with Gasteiger partial charge in [-0.15, -0.1) is 0 Å². The molecule has 144 valence electrons. The van der Waals surface area contributed by atoms with Crippen LogP contribution in [0.25, 0.3) is 0 Å². The van der Waals surface area contributed by atoms with Crippen molar-refractivity contribution in [1.29, 1.82) is 0 Å². The number of aliphatic carboxylic acids is 1. The van der Waals surface area contributed by atoms with Gasteiger partial charge >= 0.3 is 17.9 Å². The van der Waals surface area contributed by atoms with E-state index in [1.54, 1.807) is 41.5 Å². The van der Waals surface area contributed by atoms with Gasteiger partial charge in [0.2, 0.25) is 0 Å². The van der Waals surface area contributed by atoms with Gasteiger partial charge in [0.25, 0.3) is 5.54 Å². The van der Waals surface area contributed by atoms with Gasteiger partial charge in [0.1, 0.15) is 11.2 Å². The summed E-state index contributed by atoms with van der Waals surface area (Å²) in [6.45, 7) is 9.92. The number of nitrogens with two attached hydrogens (primary N) is 2. The first kappa shape index (κ1) is 22.7. The first-order valence-corrected chi connectivity index (χ1v) is 7.88. The molecule has 0 saturated heterocycles. The standard InChI is InChI=1S/C16H29N3O6/c1-14(2,3)24-10(20)8-7-9-16(11(21)22,19-13(17)18)12(23)25-15(4,5)6/h7-9H2,1-6H3,(H,21,22)(H4,17,18,19). The largest absolute Gasteiger partial charge is 0.479 e. The monoisotopic (exact) mass is 359 g/mol. The number of carboxylic acid groups (broad SMARTS) is 1. The van der Waals surface area contributed by atoms with Crippen LogP contribution in [0.3, 0.4) is 0 Å². The van der Waals surface area contributed by atoms with E-state index in [2.05, 4.69) is 4.99 Å². The molecule has 0 aliphatic heterocycles. The van der Waals surface area contributed by atoms with Gasteiger partial charge in [-0.3, -0.25) is 4.79 Å². The summed E-state index contributed by atoms with van der Waals surface area (Å²) >= 11 is 0. The summed E-state index contributed by atoms with van der Waals surface area (Å²) < 4.78 is 10.3. The molecule has 1 unspecified atom stereocenters. The Balaban J connectivity index is 5.34. The van der Waals surface area contributed by atoms with Gasteiger partial charge in [-0.05, 0) is 54.4 Å². The van der Waals surface area contributed by atoms with Gasteiger partial charge < -0.3 is 26.0 Å². The fraction of sp³-hybridized carbons (Fsp3) is 0.750. The van der Waals surface area contributed by atoms with E-state index >= 15 is 0 Å². The molecule has 0 radical (unpaired) electrons. The average molecular weight is 359 g/mol. The summed E-state index contributed by atoms with van der Waals surface area (Å²) in [5.74, 6) is -3.73. The molecule has 0 heterocycles. The SMILES string of the molecule is CC(C)(C)OC(=O)CCCC(N=C(N)N)(C(=O)O)C(=O)OC(C)(C)C. The second-order valence-corrected chi connectivity index (χ2v) is 7.64. The van der Waals surface area contributed by atoms with E-state index in [1.165, 1.54) is 0 Å². The van der Waals surface area contributed by atoms with E-state index in [0.717, 1.165) is 0 Å². The van der Waals surface area contributed by atoms with Gasteiger partial charge in [-0.2, -0.15) is 0 Å². The van der Waals surface area contributed by atoms with Crippen LogP contribution in [0.5, 0.6) is 0 Å². The molecular weight excluding hydrogens is 330 g/mol. The third-order valence-electron chi connectivity index (χ3n) is 2.75. The van der Waals surface area contributed by atoms with Crippen LogP contribution in [0.4, 0.5) is 0 Å². The summed E-state index contributed by atoms with van der Waals surface area (Å²) in [5, 5.41) is 9.56. The zero-order valence-corrected chi connectivity index (χ0v) is 15.7. The minimum Gasteiger partial charge on any atom is -0.479 e. The number of carbonyl (C=O) groups excluding carboxylic acids is 2. The van der Waals surface area contributed by atoms with Crippen molar-refractivity contribution in [2.75, 3.05) is 0 Å². The van der Waals surface area contributed by atoms with Crippen molar-refractivity contribution in [3.8, 4) is 0 Å². The summed E-state index contributed by atoms with van der Waals surface area (Å²) in [5.41, 5.74) is 6.69. The van der Waals surface area contributed by atoms with Gasteiger partial charge in [-0.1, -0.05) is 0 Å². The molecule has 9 nitrogen and oxygen atoms in total. The van der Waals surface area contributed by atoms with Crippen LogP contribution in [0.1, 0.15) is 60.8 Å². The minimum absolute atomic E-state index is 0.0250. The summed E-state index contributed by atoms with van der Waals surface area (Å²) in [6, 6.07) is 0. The lowest BCUT2D eigenvalue weighted by Gasteiger charge is -2.28. The second kappa shape index (κ2) is 8.17. The first-order chi connectivity index (χ1) is 11.1. The maximum Gasteiger partial charge on any atom is 0.346 e. The van der Waals surface area contributed by atoms with Gasteiger partial charge in [0, 0.05) is 6.42 Å². The molecule has 0 aliphatic carbocycles. The Morgan fingerprint density at radius 3 is 1.80 bits per heavy atom. The molecule has 9 heteroatoms. The third-order valence-corrected chi connectivity index (χ3v) is 2.75. The minimum atomic E-state index is -2.31. The van der Waals surface area contributed by atoms with Gasteiger partial charge in [0.15, 0.2) is 5.96 Å². The lowest BCUT2D eigenvalue weighted by molar-refractivity contribution is -0.170. The maximum absolute atomic E-state index is 12.4. The molecule has 5 N–H and O–H groups in total. The lowest BCUT2D eigenvalue weighted by Crippen LogP contribution is -2.50. The van der Waals surface area contributed by atoms with Crippen LogP contribution in [-0.2, 0) is 23.9 Å². The molecule has 0 saturated carbocycles. The fourth-order valence-corrected chi connectivity index (χ4v) is 1.91. The van der Waals surface area contributed by atoms with E-state index in [9.17, 15) is 19.5 Å². The number of carbonyl (C=O) groups is 3. The average Bonchev–Trinajstić information content (AvgIpc) is 2.31. The van der Waals surface area contributed by atoms with E-state index < -0.39 is 40.6 Å². The fourth-order valence-electron chi connectivity index (χ4n) is 1.91. The molecule has 25 heavy (non-hydrogen) atoms. The van der Waals surface area contributed by atoms with Crippen molar-refractivity contribution < 1.29 is 29.0 Å². The maximum atomic E-state index is 12.4. The number of hydrogen-bond acceptors (Lipinski definition) is 6. The van der Waals surface area contributed by atoms with Crippen LogP contribution < -0.4 is 11.5 Å². The molecule has 0 fully saturated rings. The van der Waals surface area contributed by atoms with Crippen molar-refractivity contribution in [2.45, 2.75) is 77.5 Å². The van der Waals surface area contributed by atoms with Crippen molar-refractivity contribution in [3.05, 3.63) is 0 Å². The molecular formula is C16H29N3O6. The van der Waals surface area contributed by atoms with E-state index in [-0.39, 0.29) is 19.3 Å². The highest BCUT2D eigenvalue weighted by Crippen LogP contribution is 2.25. The summed E-state index contributed by atoms with van der Waals surface area (Å²) in [4.78, 5) is 39.6. The number of guanidine groups is 1. The number of nitrogens with zero attached hydrogens (tertiary/aromatic N) is 1. The number of aliphatic imine (C=N–C) groups is 1. The van der Waals surface area contributed by atoms with Crippen molar-refractivity contribution >= 4 is 23.9 Å². The highest BCUT2D eigenvalue weighted by Gasteiger charge is 2.49. The van der Waals surface area contributed by atoms with Crippen LogP contribution in [0, 0.1) is 0 Å². The van der Waals surface area contributed by atoms with Gasteiger partial charge in [-0.25, -0.2) is 14.6 Å². The zero-order valence-electron chi connectivity index (χ0n) is 15.7. The summed E-state index contributed by atoms with van der Waals surface area (Å²) in [6.07, 6.45) is -0.374. The Bertz CT molecular complexity index is 541. The molecule has 0 aromatic rings. The van der Waals surface area contributed by atoms with E-state index in [1.807, 2.05) is 0 Å². The van der Waals surface area contributed by atoms with Crippen LogP contribution in [0.15, 0.2) is 4.99 Å². The lowest BCUT2D eigenvalue weighted by atomic mass is 9.92. The van der Waals surface area contributed by atoms with Crippen molar-refractivity contribution in [3.63, 3.8) is 0 Å². The molecule has 0 amide bonds. The molecule has 0 aliphatic rings. The first-order valence-electron chi connectivity index (χ1n) is 7.88. The molecule has 0 rings (SSSR count). The third kappa shape index (κ3) is 8.37. The quantitative estimate of drug-likeness (QED) is 0.262. The Morgan fingerprint density at radius 1 is 0.960 bits per heavy atom. The molecule has 1 atom stereocenters. The number of carboxylic acids is 1. The van der Waals surface area contributed by atoms with Crippen LogP contribution in [-0.4, -0.2) is 45.7 Å². The number of ether oxygens (including phenoxy) is 2. The number of esters is 2. The predicted molar refractivity (Wildman–Crippen MR) is 91.7 cm³/mol. The predicted octanol–water partition coefficient (Wildman–Crippen LogP) is 0.937. The molecule has 0 aromatic carbocycles. The van der Waals surface area contributed by atoms with Crippen LogP contribution in [0.2, 0.25) is 0 Å². The normalized spacial score (nSPS) is 14.2. The smallest absolute Gasteiger partial charge is 0.346 e. The van der Waals surface area contributed by atoms with E-state index in [4.69, 9.17) is 20.9 Å². The number of rotatable bonds is 7. The van der Waals surface area contributed by atoms with Crippen LogP contribution >= 0.6 is 0 Å². The van der Waals surface area contributed by atoms with Crippen molar-refractivity contribution in [1.82, 2.24) is 0 Å². The molecule has 0 bridgehead atoms. The summed E-state index contributed by atoms with van der Waals surface area (Å²) in [7, 11) is 0.